The molecule has 5 rings (SSSR count). The SMILES string of the molecule is COc1ccc(N2C[C@@]34C=C[C@@H](O3)[C@@H](C(=O)NC3CC(C)(C)NC(C)(C)C3)[C@@H]4C2=O)cc1. The second-order valence-electron chi connectivity index (χ2n) is 11.0. The Morgan fingerprint density at radius 2 is 1.81 bits per heavy atom. The van der Waals surface area contributed by atoms with Gasteiger partial charge in [-0.2, -0.15) is 0 Å². The van der Waals surface area contributed by atoms with Gasteiger partial charge in [-0.05, 0) is 64.8 Å². The molecule has 3 saturated heterocycles. The predicted molar refractivity (Wildman–Crippen MR) is 122 cm³/mol. The molecule has 0 aromatic heterocycles. The van der Waals surface area contributed by atoms with Crippen LogP contribution >= 0.6 is 0 Å². The van der Waals surface area contributed by atoms with E-state index >= 15 is 0 Å². The van der Waals surface area contributed by atoms with Gasteiger partial charge in [0.2, 0.25) is 11.8 Å². The van der Waals surface area contributed by atoms with Gasteiger partial charge in [0.05, 0.1) is 31.6 Å². The summed E-state index contributed by atoms with van der Waals surface area (Å²) in [5.74, 6) is -0.386. The molecule has 0 unspecified atom stereocenters. The molecule has 4 heterocycles. The van der Waals surface area contributed by atoms with Gasteiger partial charge >= 0.3 is 0 Å². The van der Waals surface area contributed by atoms with Gasteiger partial charge < -0.3 is 25.0 Å². The molecule has 4 aliphatic rings. The summed E-state index contributed by atoms with van der Waals surface area (Å²) in [6.45, 7) is 9.09. The Kier molecular flexibility index (Phi) is 4.73. The maximum absolute atomic E-state index is 13.5. The summed E-state index contributed by atoms with van der Waals surface area (Å²) in [5.41, 5.74) is -0.0714. The number of anilines is 1. The fourth-order valence-corrected chi connectivity index (χ4v) is 6.50. The highest BCUT2D eigenvalue weighted by Gasteiger charge is 2.67. The third kappa shape index (κ3) is 3.42. The van der Waals surface area contributed by atoms with E-state index in [1.807, 2.05) is 36.4 Å². The normalized spacial score (nSPS) is 34.6. The number of ether oxygens (including phenoxy) is 2. The van der Waals surface area contributed by atoms with E-state index in [-0.39, 0.29) is 35.0 Å². The summed E-state index contributed by atoms with van der Waals surface area (Å²) >= 11 is 0. The minimum absolute atomic E-state index is 0.0480. The largest absolute Gasteiger partial charge is 0.497 e. The number of methoxy groups -OCH3 is 1. The van der Waals surface area contributed by atoms with E-state index in [0.717, 1.165) is 24.3 Å². The van der Waals surface area contributed by atoms with Crippen molar-refractivity contribution in [3.05, 3.63) is 36.4 Å². The first-order valence-corrected chi connectivity index (χ1v) is 11.4. The second kappa shape index (κ2) is 7.06. The van der Waals surface area contributed by atoms with Crippen molar-refractivity contribution < 1.29 is 19.1 Å². The molecule has 0 aliphatic carbocycles. The molecule has 1 spiro atoms. The van der Waals surface area contributed by atoms with Gasteiger partial charge in [0, 0.05) is 22.8 Å². The van der Waals surface area contributed by atoms with Crippen LogP contribution in [0.15, 0.2) is 36.4 Å². The van der Waals surface area contributed by atoms with Gasteiger partial charge in [0.1, 0.15) is 11.4 Å². The minimum atomic E-state index is -0.726. The predicted octanol–water partition coefficient (Wildman–Crippen LogP) is 2.41. The Bertz CT molecular complexity index is 954. The Balaban J connectivity index is 1.36. The Hall–Kier alpha value is -2.38. The second-order valence-corrected chi connectivity index (χ2v) is 11.0. The lowest BCUT2D eigenvalue weighted by Crippen LogP contribution is -2.62. The van der Waals surface area contributed by atoms with Crippen molar-refractivity contribution in [1.82, 2.24) is 10.6 Å². The lowest BCUT2D eigenvalue weighted by molar-refractivity contribution is -0.132. The van der Waals surface area contributed by atoms with Crippen LogP contribution in [0.5, 0.6) is 5.75 Å². The summed E-state index contributed by atoms with van der Waals surface area (Å²) in [5, 5.41) is 6.93. The molecule has 2 bridgehead atoms. The number of hydrogen-bond donors (Lipinski definition) is 2. The highest BCUT2D eigenvalue weighted by atomic mass is 16.5. The summed E-state index contributed by atoms with van der Waals surface area (Å²) in [4.78, 5) is 28.8. The molecule has 7 nitrogen and oxygen atoms in total. The highest BCUT2D eigenvalue weighted by Crippen LogP contribution is 2.52. The molecule has 4 atom stereocenters. The van der Waals surface area contributed by atoms with Crippen molar-refractivity contribution in [3.63, 3.8) is 0 Å². The molecule has 4 aliphatic heterocycles. The highest BCUT2D eigenvalue weighted by molar-refractivity contribution is 6.03. The number of fused-ring (bicyclic) bond motifs is 1. The van der Waals surface area contributed by atoms with Gasteiger partial charge in [-0.15, -0.1) is 0 Å². The van der Waals surface area contributed by atoms with Gasteiger partial charge in [-0.25, -0.2) is 0 Å². The van der Waals surface area contributed by atoms with E-state index in [1.54, 1.807) is 12.0 Å². The molecule has 7 heteroatoms. The van der Waals surface area contributed by atoms with E-state index in [2.05, 4.69) is 38.3 Å². The molecule has 1 aromatic carbocycles. The van der Waals surface area contributed by atoms with Crippen molar-refractivity contribution in [2.45, 2.75) is 69.4 Å². The Labute approximate surface area is 189 Å². The molecule has 1 aromatic rings. The molecule has 172 valence electrons. The zero-order chi connectivity index (χ0) is 22.9. The molecule has 32 heavy (non-hydrogen) atoms. The summed E-state index contributed by atoms with van der Waals surface area (Å²) in [6, 6.07) is 7.49. The smallest absolute Gasteiger partial charge is 0.234 e. The van der Waals surface area contributed by atoms with Crippen molar-refractivity contribution >= 4 is 17.5 Å². The van der Waals surface area contributed by atoms with Crippen LogP contribution in [-0.2, 0) is 14.3 Å². The number of carbonyl (C=O) groups excluding carboxylic acids is 2. The van der Waals surface area contributed by atoms with Gasteiger partial charge in [0.25, 0.3) is 0 Å². The number of rotatable bonds is 4. The summed E-state index contributed by atoms with van der Waals surface area (Å²) in [7, 11) is 1.62. The van der Waals surface area contributed by atoms with Crippen LogP contribution in [0.1, 0.15) is 40.5 Å². The van der Waals surface area contributed by atoms with E-state index in [0.29, 0.717) is 6.54 Å². The number of piperidine rings is 1. The molecule has 2 N–H and O–H groups in total. The number of benzene rings is 1. The number of carbonyl (C=O) groups is 2. The zero-order valence-electron chi connectivity index (χ0n) is 19.5. The molecule has 0 saturated carbocycles. The van der Waals surface area contributed by atoms with Crippen LogP contribution in [0.2, 0.25) is 0 Å². The van der Waals surface area contributed by atoms with Crippen LogP contribution in [0.4, 0.5) is 5.69 Å². The maximum Gasteiger partial charge on any atom is 0.234 e. The van der Waals surface area contributed by atoms with Crippen LogP contribution in [-0.4, -0.2) is 54.3 Å². The monoisotopic (exact) mass is 439 g/mol. The van der Waals surface area contributed by atoms with E-state index in [1.165, 1.54) is 0 Å². The van der Waals surface area contributed by atoms with Crippen LogP contribution in [0.3, 0.4) is 0 Å². The fourth-order valence-electron chi connectivity index (χ4n) is 6.50. The van der Waals surface area contributed by atoms with Crippen molar-refractivity contribution in [2.75, 3.05) is 18.6 Å². The Morgan fingerprint density at radius 1 is 1.16 bits per heavy atom. The summed E-state index contributed by atoms with van der Waals surface area (Å²) < 4.78 is 11.5. The lowest BCUT2D eigenvalue weighted by atomic mass is 9.75. The molecular weight excluding hydrogens is 406 g/mol. The third-order valence-corrected chi connectivity index (χ3v) is 7.32. The van der Waals surface area contributed by atoms with Crippen molar-refractivity contribution in [1.29, 1.82) is 0 Å². The average molecular weight is 440 g/mol. The first-order valence-electron chi connectivity index (χ1n) is 11.4. The number of hydrogen-bond acceptors (Lipinski definition) is 5. The van der Waals surface area contributed by atoms with Crippen molar-refractivity contribution in [3.8, 4) is 5.75 Å². The van der Waals surface area contributed by atoms with Gasteiger partial charge in [0.15, 0.2) is 0 Å². The first kappa shape index (κ1) is 21.5. The van der Waals surface area contributed by atoms with Gasteiger partial charge in [-0.1, -0.05) is 12.2 Å². The number of amides is 2. The average Bonchev–Trinajstić information content (AvgIpc) is 3.34. The van der Waals surface area contributed by atoms with Crippen LogP contribution in [0, 0.1) is 11.8 Å². The quantitative estimate of drug-likeness (QED) is 0.705. The lowest BCUT2D eigenvalue weighted by Gasteiger charge is -2.47. The topological polar surface area (TPSA) is 79.9 Å². The van der Waals surface area contributed by atoms with Crippen LogP contribution in [0.25, 0.3) is 0 Å². The van der Waals surface area contributed by atoms with E-state index in [4.69, 9.17) is 9.47 Å². The molecule has 3 fully saturated rings. The maximum atomic E-state index is 13.5. The fraction of sp³-hybridized carbons (Fsp3) is 0.600. The zero-order valence-corrected chi connectivity index (χ0v) is 19.5. The van der Waals surface area contributed by atoms with E-state index < -0.39 is 17.4 Å². The summed E-state index contributed by atoms with van der Waals surface area (Å²) in [6.07, 6.45) is 5.30. The standard InChI is InChI=1S/C25H33N3O4/c1-23(2)12-15(13-24(3,4)27-23)26-21(29)19-18-10-11-25(32-18)14-28(22(30)20(19)25)16-6-8-17(31-5)9-7-16/h6-11,15,18-20,27H,12-14H2,1-5H3,(H,26,29)/t18-,19-,20-,25-/m1/s1. The minimum Gasteiger partial charge on any atom is -0.497 e. The molecular formula is C25H33N3O4. The molecule has 0 radical (unpaired) electrons. The van der Waals surface area contributed by atoms with Crippen molar-refractivity contribution in [2.24, 2.45) is 11.8 Å². The Morgan fingerprint density at radius 3 is 2.44 bits per heavy atom. The first-order chi connectivity index (χ1) is 15.0. The van der Waals surface area contributed by atoms with E-state index in [9.17, 15) is 9.59 Å². The number of nitrogens with zero attached hydrogens (tertiary/aromatic N) is 1. The molecule has 2 amide bonds. The van der Waals surface area contributed by atoms with Crippen LogP contribution < -0.4 is 20.3 Å². The van der Waals surface area contributed by atoms with Gasteiger partial charge in [-0.3, -0.25) is 9.59 Å². The number of nitrogens with one attached hydrogen (secondary N) is 2. The third-order valence-electron chi connectivity index (χ3n) is 7.32.